The van der Waals surface area contributed by atoms with E-state index in [4.69, 9.17) is 16.3 Å². The summed E-state index contributed by atoms with van der Waals surface area (Å²) >= 11 is 5.93. The van der Waals surface area contributed by atoms with E-state index in [-0.39, 0.29) is 0 Å². The van der Waals surface area contributed by atoms with E-state index in [2.05, 4.69) is 10.3 Å². The summed E-state index contributed by atoms with van der Waals surface area (Å²) in [7, 11) is 0. The van der Waals surface area contributed by atoms with E-state index in [9.17, 15) is 0 Å². The van der Waals surface area contributed by atoms with Crippen molar-refractivity contribution in [3.05, 3.63) is 29.0 Å². The minimum absolute atomic E-state index is 0.578. The van der Waals surface area contributed by atoms with Gasteiger partial charge in [0.15, 0.2) is 0 Å². The average molecular weight is 241 g/mol. The third kappa shape index (κ3) is 4.08. The van der Waals surface area contributed by atoms with Gasteiger partial charge in [-0.25, -0.2) is 4.98 Å². The Kier molecular flexibility index (Phi) is 4.57. The normalized spacial score (nSPS) is 15.3. The fourth-order valence-electron chi connectivity index (χ4n) is 1.45. The highest BCUT2D eigenvalue weighted by molar-refractivity contribution is 6.30. The molecule has 3 nitrogen and oxygen atoms in total. The molecule has 0 radical (unpaired) electrons. The first-order valence-electron chi connectivity index (χ1n) is 5.74. The molecule has 0 spiro atoms. The lowest BCUT2D eigenvalue weighted by Gasteiger charge is -2.06. The Labute approximate surface area is 101 Å². The van der Waals surface area contributed by atoms with E-state index in [0.717, 1.165) is 37.8 Å². The standard InChI is InChI=1S/C12H17ClN2O/c13-12-11(2-1-5-15-12)8-14-6-7-16-9-10-3-4-10/h1-2,5,10,14H,3-4,6-9H2. The van der Waals surface area contributed by atoms with Gasteiger partial charge >= 0.3 is 0 Å². The predicted molar refractivity (Wildman–Crippen MR) is 64.5 cm³/mol. The molecule has 1 aliphatic rings. The number of hydrogen-bond acceptors (Lipinski definition) is 3. The molecule has 88 valence electrons. The van der Waals surface area contributed by atoms with Crippen molar-refractivity contribution in [3.63, 3.8) is 0 Å². The van der Waals surface area contributed by atoms with Crippen molar-refractivity contribution in [3.8, 4) is 0 Å². The highest BCUT2D eigenvalue weighted by atomic mass is 35.5. The summed E-state index contributed by atoms with van der Waals surface area (Å²) in [6, 6.07) is 3.87. The molecule has 0 aliphatic heterocycles. The van der Waals surface area contributed by atoms with Crippen LogP contribution in [0.1, 0.15) is 18.4 Å². The van der Waals surface area contributed by atoms with Gasteiger partial charge in [0.05, 0.1) is 6.61 Å². The maximum Gasteiger partial charge on any atom is 0.133 e. The number of rotatable bonds is 7. The second-order valence-electron chi connectivity index (χ2n) is 4.15. The van der Waals surface area contributed by atoms with Crippen LogP contribution in [0.5, 0.6) is 0 Å². The van der Waals surface area contributed by atoms with Gasteiger partial charge in [0.2, 0.25) is 0 Å². The summed E-state index contributed by atoms with van der Waals surface area (Å²) in [5.41, 5.74) is 1.03. The van der Waals surface area contributed by atoms with Gasteiger partial charge in [-0.2, -0.15) is 0 Å². The number of aromatic nitrogens is 1. The van der Waals surface area contributed by atoms with Crippen LogP contribution in [-0.4, -0.2) is 24.7 Å². The number of pyridine rings is 1. The van der Waals surface area contributed by atoms with Gasteiger partial charge in [0, 0.05) is 31.5 Å². The third-order valence-electron chi connectivity index (χ3n) is 2.63. The topological polar surface area (TPSA) is 34.2 Å². The minimum atomic E-state index is 0.578. The molecule has 0 amide bonds. The molecule has 4 heteroatoms. The molecule has 0 bridgehead atoms. The van der Waals surface area contributed by atoms with Gasteiger partial charge in [-0.3, -0.25) is 0 Å². The van der Waals surface area contributed by atoms with E-state index < -0.39 is 0 Å². The first-order chi connectivity index (χ1) is 7.86. The van der Waals surface area contributed by atoms with Gasteiger partial charge in [-0.1, -0.05) is 17.7 Å². The average Bonchev–Trinajstić information content (AvgIpc) is 3.09. The maximum atomic E-state index is 5.93. The third-order valence-corrected chi connectivity index (χ3v) is 2.97. The van der Waals surface area contributed by atoms with Crippen molar-refractivity contribution in [2.75, 3.05) is 19.8 Å². The molecule has 2 rings (SSSR count). The molecule has 1 fully saturated rings. The zero-order valence-electron chi connectivity index (χ0n) is 9.29. The van der Waals surface area contributed by atoms with Crippen LogP contribution in [0.2, 0.25) is 5.15 Å². The van der Waals surface area contributed by atoms with E-state index in [1.165, 1.54) is 12.8 Å². The summed E-state index contributed by atoms with van der Waals surface area (Å²) in [5.74, 6) is 0.841. The first-order valence-corrected chi connectivity index (χ1v) is 6.12. The number of nitrogens with zero attached hydrogens (tertiary/aromatic N) is 1. The Morgan fingerprint density at radius 2 is 2.38 bits per heavy atom. The first kappa shape index (κ1) is 11.8. The number of halogens is 1. The Morgan fingerprint density at radius 1 is 1.50 bits per heavy atom. The molecule has 0 unspecified atom stereocenters. The maximum absolute atomic E-state index is 5.93. The van der Waals surface area contributed by atoms with Crippen LogP contribution in [0.25, 0.3) is 0 Å². The molecule has 16 heavy (non-hydrogen) atoms. The molecule has 1 aliphatic carbocycles. The van der Waals surface area contributed by atoms with Crippen LogP contribution in [-0.2, 0) is 11.3 Å². The van der Waals surface area contributed by atoms with E-state index >= 15 is 0 Å². The highest BCUT2D eigenvalue weighted by Crippen LogP contribution is 2.28. The summed E-state index contributed by atoms with van der Waals surface area (Å²) in [6.07, 6.45) is 4.39. The Morgan fingerprint density at radius 3 is 3.12 bits per heavy atom. The number of ether oxygens (including phenoxy) is 1. The van der Waals surface area contributed by atoms with Gasteiger partial charge in [-0.15, -0.1) is 0 Å². The van der Waals surface area contributed by atoms with Crippen LogP contribution in [0, 0.1) is 5.92 Å². The molecular weight excluding hydrogens is 224 g/mol. The van der Waals surface area contributed by atoms with Gasteiger partial charge in [-0.05, 0) is 24.8 Å². The van der Waals surface area contributed by atoms with E-state index in [1.54, 1.807) is 6.20 Å². The summed E-state index contributed by atoms with van der Waals surface area (Å²) < 4.78 is 5.51. The zero-order chi connectivity index (χ0) is 11.2. The van der Waals surface area contributed by atoms with Crippen LogP contribution in [0.3, 0.4) is 0 Å². The molecule has 1 heterocycles. The van der Waals surface area contributed by atoms with Crippen molar-refractivity contribution in [1.82, 2.24) is 10.3 Å². The fourth-order valence-corrected chi connectivity index (χ4v) is 1.64. The highest BCUT2D eigenvalue weighted by Gasteiger charge is 2.20. The number of hydrogen-bond donors (Lipinski definition) is 1. The SMILES string of the molecule is Clc1ncccc1CNCCOCC1CC1. The monoisotopic (exact) mass is 240 g/mol. The van der Waals surface area contributed by atoms with E-state index in [1.807, 2.05) is 12.1 Å². The second-order valence-corrected chi connectivity index (χ2v) is 4.51. The van der Waals surface area contributed by atoms with Crippen LogP contribution in [0.15, 0.2) is 18.3 Å². The van der Waals surface area contributed by atoms with Crippen LogP contribution in [0.4, 0.5) is 0 Å². The zero-order valence-corrected chi connectivity index (χ0v) is 10.0. The smallest absolute Gasteiger partial charge is 0.133 e. The van der Waals surface area contributed by atoms with Crippen LogP contribution < -0.4 is 5.32 Å². The molecule has 1 saturated carbocycles. The van der Waals surface area contributed by atoms with Gasteiger partial charge in [0.25, 0.3) is 0 Å². The molecule has 1 aromatic heterocycles. The summed E-state index contributed by atoms with van der Waals surface area (Å²) in [6.45, 7) is 3.31. The minimum Gasteiger partial charge on any atom is -0.380 e. The van der Waals surface area contributed by atoms with Gasteiger partial charge < -0.3 is 10.1 Å². The Hall–Kier alpha value is -0.640. The van der Waals surface area contributed by atoms with Crippen molar-refractivity contribution in [2.45, 2.75) is 19.4 Å². The summed E-state index contributed by atoms with van der Waals surface area (Å²) in [5, 5.41) is 3.86. The Balaban J connectivity index is 1.55. The van der Waals surface area contributed by atoms with Crippen LogP contribution >= 0.6 is 11.6 Å². The quantitative estimate of drug-likeness (QED) is 0.586. The van der Waals surface area contributed by atoms with Crippen molar-refractivity contribution >= 4 is 11.6 Å². The lowest BCUT2D eigenvalue weighted by atomic mass is 10.3. The molecule has 1 aromatic rings. The fraction of sp³-hybridized carbons (Fsp3) is 0.583. The molecule has 0 saturated heterocycles. The van der Waals surface area contributed by atoms with Crippen molar-refractivity contribution in [1.29, 1.82) is 0 Å². The molecule has 0 aromatic carbocycles. The van der Waals surface area contributed by atoms with Crippen molar-refractivity contribution in [2.24, 2.45) is 5.92 Å². The predicted octanol–water partition coefficient (Wildman–Crippen LogP) is 2.25. The van der Waals surface area contributed by atoms with E-state index in [0.29, 0.717) is 5.15 Å². The molecule has 1 N–H and O–H groups in total. The summed E-state index contributed by atoms with van der Waals surface area (Å²) in [4.78, 5) is 4.02. The largest absolute Gasteiger partial charge is 0.380 e. The Bertz CT molecular complexity index is 329. The lowest BCUT2D eigenvalue weighted by Crippen LogP contribution is -2.20. The van der Waals surface area contributed by atoms with Gasteiger partial charge in [0.1, 0.15) is 5.15 Å². The lowest BCUT2D eigenvalue weighted by molar-refractivity contribution is 0.126. The molecule has 0 atom stereocenters. The number of nitrogens with one attached hydrogen (secondary N) is 1. The van der Waals surface area contributed by atoms with Crippen molar-refractivity contribution < 1.29 is 4.74 Å². The second kappa shape index (κ2) is 6.18. The molecular formula is C12H17ClN2O.